The summed E-state index contributed by atoms with van der Waals surface area (Å²) in [6.07, 6.45) is 13.6. The minimum atomic E-state index is -0.00958. The molecule has 2 aromatic rings. The molecule has 29 heavy (non-hydrogen) atoms. The van der Waals surface area contributed by atoms with Crippen molar-refractivity contribution in [2.24, 2.45) is 0 Å². The van der Waals surface area contributed by atoms with E-state index in [0.29, 0.717) is 12.1 Å². The first-order valence-corrected chi connectivity index (χ1v) is 10.9. The number of allylic oxidation sites excluding steroid dienone is 1. The Labute approximate surface area is 173 Å². The van der Waals surface area contributed by atoms with E-state index in [-0.39, 0.29) is 5.91 Å². The Hall–Kier alpha value is -2.69. The normalized spacial score (nSPS) is 17.0. The maximum atomic E-state index is 12.4. The van der Waals surface area contributed by atoms with Gasteiger partial charge in [0.25, 0.3) is 5.91 Å². The van der Waals surface area contributed by atoms with Gasteiger partial charge < -0.3 is 10.2 Å². The maximum absolute atomic E-state index is 12.4. The van der Waals surface area contributed by atoms with Crippen LogP contribution in [0.25, 0.3) is 11.3 Å². The SMILES string of the molecule is O=C(NCCC1=CCCCC1)c1ccc(-c2cc(N3CCCCC3)ncn2)cc1. The van der Waals surface area contributed by atoms with Gasteiger partial charge in [-0.25, -0.2) is 9.97 Å². The van der Waals surface area contributed by atoms with Crippen molar-refractivity contribution >= 4 is 11.7 Å². The molecule has 1 aliphatic heterocycles. The monoisotopic (exact) mass is 390 g/mol. The van der Waals surface area contributed by atoms with Crippen LogP contribution in [0.15, 0.2) is 48.3 Å². The molecule has 0 bridgehead atoms. The van der Waals surface area contributed by atoms with Crippen molar-refractivity contribution in [1.82, 2.24) is 15.3 Å². The zero-order valence-corrected chi connectivity index (χ0v) is 17.1. The first kappa shape index (κ1) is 19.6. The standard InChI is InChI=1S/C24H30N4O/c29-24(25-14-13-19-7-3-1-4-8-19)21-11-9-20(10-12-21)22-17-23(27-18-26-22)28-15-5-2-6-16-28/h7,9-12,17-18H,1-6,8,13-16H2,(H,25,29). The molecule has 0 saturated carbocycles. The predicted molar refractivity (Wildman–Crippen MR) is 117 cm³/mol. The number of carbonyl (C=O) groups is 1. The van der Waals surface area contributed by atoms with Crippen LogP contribution in [0.5, 0.6) is 0 Å². The summed E-state index contributed by atoms with van der Waals surface area (Å²) >= 11 is 0. The Morgan fingerprint density at radius 2 is 1.83 bits per heavy atom. The van der Waals surface area contributed by atoms with Crippen molar-refractivity contribution in [3.8, 4) is 11.3 Å². The van der Waals surface area contributed by atoms with Gasteiger partial charge in [0.1, 0.15) is 12.1 Å². The lowest BCUT2D eigenvalue weighted by Gasteiger charge is -2.27. The van der Waals surface area contributed by atoms with Gasteiger partial charge in [0.2, 0.25) is 0 Å². The summed E-state index contributed by atoms with van der Waals surface area (Å²) in [5, 5.41) is 3.05. The zero-order valence-electron chi connectivity index (χ0n) is 17.1. The Bertz CT molecular complexity index is 853. The molecule has 1 saturated heterocycles. The molecule has 1 aromatic carbocycles. The van der Waals surface area contributed by atoms with Gasteiger partial charge in [-0.3, -0.25) is 4.79 Å². The summed E-state index contributed by atoms with van der Waals surface area (Å²) in [6, 6.07) is 9.76. The average molecular weight is 391 g/mol. The van der Waals surface area contributed by atoms with Crippen molar-refractivity contribution in [2.45, 2.75) is 51.4 Å². The summed E-state index contributed by atoms with van der Waals surface area (Å²) in [4.78, 5) is 23.7. The summed E-state index contributed by atoms with van der Waals surface area (Å²) < 4.78 is 0. The van der Waals surface area contributed by atoms with Gasteiger partial charge in [0, 0.05) is 36.8 Å². The lowest BCUT2D eigenvalue weighted by atomic mass is 9.97. The summed E-state index contributed by atoms with van der Waals surface area (Å²) in [5.41, 5.74) is 4.09. The molecule has 0 atom stereocenters. The third kappa shape index (κ3) is 5.22. The Morgan fingerprint density at radius 3 is 2.59 bits per heavy atom. The summed E-state index contributed by atoms with van der Waals surface area (Å²) in [6.45, 7) is 2.83. The van der Waals surface area contributed by atoms with Crippen molar-refractivity contribution in [3.63, 3.8) is 0 Å². The molecule has 1 aromatic heterocycles. The molecule has 1 amide bonds. The van der Waals surface area contributed by atoms with Crippen LogP contribution < -0.4 is 10.2 Å². The van der Waals surface area contributed by atoms with Gasteiger partial charge in [0.05, 0.1) is 5.69 Å². The number of hydrogen-bond donors (Lipinski definition) is 1. The lowest BCUT2D eigenvalue weighted by Crippen LogP contribution is -2.30. The number of hydrogen-bond acceptors (Lipinski definition) is 4. The number of aromatic nitrogens is 2. The molecule has 4 rings (SSSR count). The zero-order chi connectivity index (χ0) is 19.9. The second-order valence-corrected chi connectivity index (χ2v) is 8.00. The molecule has 2 aliphatic rings. The number of anilines is 1. The first-order valence-electron chi connectivity index (χ1n) is 10.9. The third-order valence-corrected chi connectivity index (χ3v) is 5.89. The van der Waals surface area contributed by atoms with Crippen LogP contribution in [-0.2, 0) is 0 Å². The summed E-state index contributed by atoms with van der Waals surface area (Å²) in [7, 11) is 0. The molecular formula is C24H30N4O. The quantitative estimate of drug-likeness (QED) is 0.723. The number of piperidine rings is 1. The van der Waals surface area contributed by atoms with Crippen molar-refractivity contribution in [3.05, 3.63) is 53.9 Å². The van der Waals surface area contributed by atoms with E-state index in [9.17, 15) is 4.79 Å². The number of nitrogens with one attached hydrogen (secondary N) is 1. The van der Waals surface area contributed by atoms with Crippen LogP contribution in [0.4, 0.5) is 5.82 Å². The van der Waals surface area contributed by atoms with Gasteiger partial charge >= 0.3 is 0 Å². The van der Waals surface area contributed by atoms with E-state index in [2.05, 4.69) is 32.3 Å². The molecule has 1 aliphatic carbocycles. The minimum Gasteiger partial charge on any atom is -0.357 e. The van der Waals surface area contributed by atoms with Crippen LogP contribution >= 0.6 is 0 Å². The molecular weight excluding hydrogens is 360 g/mol. The molecule has 0 unspecified atom stereocenters. The van der Waals surface area contributed by atoms with Gasteiger partial charge in [0.15, 0.2) is 0 Å². The number of rotatable bonds is 6. The van der Waals surface area contributed by atoms with E-state index in [0.717, 1.165) is 36.6 Å². The average Bonchev–Trinajstić information content (AvgIpc) is 2.80. The molecule has 5 nitrogen and oxygen atoms in total. The van der Waals surface area contributed by atoms with Crippen LogP contribution in [-0.4, -0.2) is 35.5 Å². The molecule has 0 radical (unpaired) electrons. The van der Waals surface area contributed by atoms with Gasteiger partial charge in [-0.2, -0.15) is 0 Å². The fourth-order valence-electron chi connectivity index (χ4n) is 4.16. The molecule has 1 N–H and O–H groups in total. The van der Waals surface area contributed by atoms with Crippen molar-refractivity contribution in [1.29, 1.82) is 0 Å². The lowest BCUT2D eigenvalue weighted by molar-refractivity contribution is 0.0954. The first-order chi connectivity index (χ1) is 14.3. The molecule has 2 heterocycles. The Kier molecular flexibility index (Phi) is 6.55. The van der Waals surface area contributed by atoms with Crippen LogP contribution in [0.1, 0.15) is 61.7 Å². The Morgan fingerprint density at radius 1 is 1.00 bits per heavy atom. The fraction of sp³-hybridized carbons (Fsp3) is 0.458. The van der Waals surface area contributed by atoms with Gasteiger partial charge in [-0.15, -0.1) is 0 Å². The largest absolute Gasteiger partial charge is 0.357 e. The smallest absolute Gasteiger partial charge is 0.251 e. The van der Waals surface area contributed by atoms with E-state index in [4.69, 9.17) is 0 Å². The van der Waals surface area contributed by atoms with Crippen LogP contribution in [0.2, 0.25) is 0 Å². The van der Waals surface area contributed by atoms with E-state index < -0.39 is 0 Å². The fourth-order valence-corrected chi connectivity index (χ4v) is 4.16. The highest BCUT2D eigenvalue weighted by Crippen LogP contribution is 2.23. The predicted octanol–water partition coefficient (Wildman–Crippen LogP) is 4.75. The van der Waals surface area contributed by atoms with E-state index in [1.54, 1.807) is 6.33 Å². The highest BCUT2D eigenvalue weighted by atomic mass is 16.1. The van der Waals surface area contributed by atoms with Crippen molar-refractivity contribution < 1.29 is 4.79 Å². The summed E-state index contributed by atoms with van der Waals surface area (Å²) in [5.74, 6) is 0.984. The second-order valence-electron chi connectivity index (χ2n) is 8.00. The number of nitrogens with zero attached hydrogens (tertiary/aromatic N) is 3. The van der Waals surface area contributed by atoms with Crippen LogP contribution in [0.3, 0.4) is 0 Å². The highest BCUT2D eigenvalue weighted by molar-refractivity contribution is 5.94. The number of amides is 1. The topological polar surface area (TPSA) is 58.1 Å². The van der Waals surface area contributed by atoms with Gasteiger partial charge in [-0.05, 0) is 63.5 Å². The van der Waals surface area contributed by atoms with E-state index in [1.807, 2.05) is 24.3 Å². The molecule has 1 fully saturated rings. The van der Waals surface area contributed by atoms with E-state index >= 15 is 0 Å². The van der Waals surface area contributed by atoms with Gasteiger partial charge in [-0.1, -0.05) is 23.8 Å². The van der Waals surface area contributed by atoms with Crippen LogP contribution in [0, 0.1) is 0 Å². The minimum absolute atomic E-state index is 0.00958. The maximum Gasteiger partial charge on any atom is 0.251 e. The molecule has 5 heteroatoms. The van der Waals surface area contributed by atoms with Crippen molar-refractivity contribution in [2.75, 3.05) is 24.5 Å². The second kappa shape index (κ2) is 9.68. The highest BCUT2D eigenvalue weighted by Gasteiger charge is 2.13. The van der Waals surface area contributed by atoms with E-state index in [1.165, 1.54) is 50.5 Å². The Balaban J connectivity index is 1.36. The number of carbonyl (C=O) groups excluding carboxylic acids is 1. The third-order valence-electron chi connectivity index (χ3n) is 5.89. The number of benzene rings is 1. The molecule has 152 valence electrons. The molecule has 0 spiro atoms.